The van der Waals surface area contributed by atoms with Crippen LogP contribution in [0.2, 0.25) is 0 Å². The van der Waals surface area contributed by atoms with Gasteiger partial charge >= 0.3 is 0 Å². The molecule has 4 rings (SSSR count). The van der Waals surface area contributed by atoms with Gasteiger partial charge in [0.2, 0.25) is 5.91 Å². The molecule has 0 bridgehead atoms. The van der Waals surface area contributed by atoms with Crippen molar-refractivity contribution in [1.29, 1.82) is 0 Å². The molecule has 0 fully saturated rings. The zero-order valence-corrected chi connectivity index (χ0v) is 13.2. The van der Waals surface area contributed by atoms with Crippen molar-refractivity contribution in [3.63, 3.8) is 0 Å². The molecule has 1 aliphatic heterocycles. The lowest BCUT2D eigenvalue weighted by atomic mass is 10.1. The second kappa shape index (κ2) is 5.61. The number of fused-ring (bicyclic) bond motifs is 2. The summed E-state index contributed by atoms with van der Waals surface area (Å²) < 4.78 is 2.17. The Bertz CT molecular complexity index is 817. The Labute approximate surface area is 133 Å². The first-order valence-corrected chi connectivity index (χ1v) is 8.56. The Morgan fingerprint density at radius 2 is 2.09 bits per heavy atom. The van der Waals surface area contributed by atoms with Crippen LogP contribution in [0.3, 0.4) is 0 Å². The van der Waals surface area contributed by atoms with Gasteiger partial charge in [0.15, 0.2) is 0 Å². The Balaban J connectivity index is 1.43. The number of rotatable bonds is 3. The number of hydrogen-bond donors (Lipinski definition) is 0. The van der Waals surface area contributed by atoms with Crippen molar-refractivity contribution in [3.05, 3.63) is 58.4 Å². The number of nitrogens with zero attached hydrogens (tertiary/aromatic N) is 2. The second-order valence-corrected chi connectivity index (χ2v) is 6.75. The van der Waals surface area contributed by atoms with Gasteiger partial charge < -0.3 is 9.47 Å². The van der Waals surface area contributed by atoms with Crippen molar-refractivity contribution >= 4 is 28.1 Å². The van der Waals surface area contributed by atoms with Crippen molar-refractivity contribution in [2.24, 2.45) is 0 Å². The van der Waals surface area contributed by atoms with Crippen molar-refractivity contribution in [1.82, 2.24) is 9.47 Å². The summed E-state index contributed by atoms with van der Waals surface area (Å²) >= 11 is 1.81. The molecule has 3 nitrogen and oxygen atoms in total. The van der Waals surface area contributed by atoms with Crippen LogP contribution in [0.1, 0.15) is 16.9 Å². The molecular weight excluding hydrogens is 292 g/mol. The summed E-state index contributed by atoms with van der Waals surface area (Å²) in [6, 6.07) is 12.6. The highest BCUT2D eigenvalue weighted by atomic mass is 32.1. The van der Waals surface area contributed by atoms with Gasteiger partial charge in [-0.15, -0.1) is 11.3 Å². The average molecular weight is 310 g/mol. The highest BCUT2D eigenvalue weighted by molar-refractivity contribution is 7.10. The zero-order valence-electron chi connectivity index (χ0n) is 12.4. The van der Waals surface area contributed by atoms with Crippen LogP contribution in [-0.4, -0.2) is 21.9 Å². The van der Waals surface area contributed by atoms with E-state index in [0.717, 1.165) is 26.1 Å². The minimum Gasteiger partial charge on any atom is -0.347 e. The van der Waals surface area contributed by atoms with Crippen LogP contribution in [0.25, 0.3) is 10.9 Å². The van der Waals surface area contributed by atoms with Crippen LogP contribution >= 0.6 is 11.3 Å². The van der Waals surface area contributed by atoms with E-state index in [1.54, 1.807) is 0 Å². The molecule has 1 aromatic carbocycles. The maximum atomic E-state index is 12.5. The Kier molecular flexibility index (Phi) is 3.47. The molecule has 3 heterocycles. The lowest BCUT2D eigenvalue weighted by molar-refractivity contribution is -0.132. The van der Waals surface area contributed by atoms with Crippen LogP contribution in [0, 0.1) is 0 Å². The van der Waals surface area contributed by atoms with Gasteiger partial charge in [-0.3, -0.25) is 4.79 Å². The fraction of sp³-hybridized carbons (Fsp3) is 0.278. The Hall–Kier alpha value is -2.07. The smallest absolute Gasteiger partial charge is 0.224 e. The highest BCUT2D eigenvalue weighted by Crippen LogP contribution is 2.24. The Morgan fingerprint density at radius 3 is 3.05 bits per heavy atom. The molecule has 0 radical (unpaired) electrons. The molecule has 3 aromatic rings. The summed E-state index contributed by atoms with van der Waals surface area (Å²) in [6.45, 7) is 2.39. The summed E-state index contributed by atoms with van der Waals surface area (Å²) in [5.41, 5.74) is 2.53. The van der Waals surface area contributed by atoms with Gasteiger partial charge in [-0.05, 0) is 40.9 Å². The summed E-state index contributed by atoms with van der Waals surface area (Å²) in [5.74, 6) is 0.259. The normalized spacial score (nSPS) is 14.3. The summed E-state index contributed by atoms with van der Waals surface area (Å²) in [5, 5.41) is 3.36. The average Bonchev–Trinajstić information content (AvgIpc) is 3.18. The molecular formula is C18H18N2OS. The highest BCUT2D eigenvalue weighted by Gasteiger charge is 2.21. The first-order chi connectivity index (χ1) is 10.8. The molecule has 0 unspecified atom stereocenters. The van der Waals surface area contributed by atoms with Gasteiger partial charge in [-0.2, -0.15) is 0 Å². The second-order valence-electron chi connectivity index (χ2n) is 5.75. The largest absolute Gasteiger partial charge is 0.347 e. The molecule has 112 valence electrons. The number of benzene rings is 1. The number of carbonyl (C=O) groups excluding carboxylic acids is 1. The van der Waals surface area contributed by atoms with E-state index in [9.17, 15) is 4.79 Å². The number of aromatic nitrogens is 1. The lowest BCUT2D eigenvalue weighted by Gasteiger charge is -2.27. The van der Waals surface area contributed by atoms with E-state index in [0.29, 0.717) is 6.42 Å². The van der Waals surface area contributed by atoms with E-state index in [-0.39, 0.29) is 5.91 Å². The summed E-state index contributed by atoms with van der Waals surface area (Å²) in [4.78, 5) is 15.9. The Morgan fingerprint density at radius 1 is 1.18 bits per heavy atom. The quantitative estimate of drug-likeness (QED) is 0.724. The summed E-state index contributed by atoms with van der Waals surface area (Å²) in [7, 11) is 0. The van der Waals surface area contributed by atoms with Gasteiger partial charge in [-0.25, -0.2) is 0 Å². The van der Waals surface area contributed by atoms with E-state index in [1.165, 1.54) is 21.3 Å². The minimum atomic E-state index is 0.259. The topological polar surface area (TPSA) is 25.2 Å². The van der Waals surface area contributed by atoms with Gasteiger partial charge in [0.05, 0.1) is 0 Å². The molecule has 4 heteroatoms. The van der Waals surface area contributed by atoms with Crippen molar-refractivity contribution < 1.29 is 4.79 Å². The maximum absolute atomic E-state index is 12.5. The van der Waals surface area contributed by atoms with E-state index in [4.69, 9.17) is 0 Å². The molecule has 1 aliphatic rings. The molecule has 2 aromatic heterocycles. The number of aryl methyl sites for hydroxylation is 1. The SMILES string of the molecule is O=C(CCn1ccc2ccccc21)N1CCc2sccc2C1. The lowest BCUT2D eigenvalue weighted by Crippen LogP contribution is -2.35. The fourth-order valence-corrected chi connectivity index (χ4v) is 4.06. The number of para-hydroxylation sites is 1. The fourth-order valence-electron chi connectivity index (χ4n) is 3.17. The van der Waals surface area contributed by atoms with E-state index in [1.807, 2.05) is 28.4 Å². The van der Waals surface area contributed by atoms with Gasteiger partial charge in [0.1, 0.15) is 0 Å². The minimum absolute atomic E-state index is 0.259. The summed E-state index contributed by atoms with van der Waals surface area (Å²) in [6.07, 6.45) is 3.65. The van der Waals surface area contributed by atoms with Crippen molar-refractivity contribution in [3.8, 4) is 0 Å². The van der Waals surface area contributed by atoms with Gasteiger partial charge in [0, 0.05) is 42.6 Å². The molecule has 0 saturated heterocycles. The standard InChI is InChI=1S/C18H18N2OS/c21-18(20-10-6-17-15(13-20)8-12-22-17)7-11-19-9-5-14-3-1-2-4-16(14)19/h1-5,8-9,12H,6-7,10-11,13H2. The van der Waals surface area contributed by atoms with Crippen LogP contribution in [-0.2, 0) is 24.3 Å². The monoisotopic (exact) mass is 310 g/mol. The van der Waals surface area contributed by atoms with Crippen LogP contribution in [0.15, 0.2) is 48.0 Å². The molecule has 0 N–H and O–H groups in total. The van der Waals surface area contributed by atoms with Crippen molar-refractivity contribution in [2.75, 3.05) is 6.54 Å². The van der Waals surface area contributed by atoms with Gasteiger partial charge in [-0.1, -0.05) is 18.2 Å². The maximum Gasteiger partial charge on any atom is 0.224 e. The third-order valence-electron chi connectivity index (χ3n) is 4.41. The number of amides is 1. The van der Waals surface area contributed by atoms with Crippen molar-refractivity contribution in [2.45, 2.75) is 25.9 Å². The van der Waals surface area contributed by atoms with Crippen LogP contribution in [0.5, 0.6) is 0 Å². The molecule has 0 atom stereocenters. The predicted octanol–water partition coefficient (Wildman–Crippen LogP) is 3.68. The third-order valence-corrected chi connectivity index (χ3v) is 5.43. The molecule has 0 aliphatic carbocycles. The first kappa shape index (κ1) is 13.6. The zero-order chi connectivity index (χ0) is 14.9. The van der Waals surface area contributed by atoms with E-state index >= 15 is 0 Å². The number of thiophene rings is 1. The number of carbonyl (C=O) groups is 1. The molecule has 22 heavy (non-hydrogen) atoms. The third kappa shape index (κ3) is 2.44. The molecule has 0 saturated carbocycles. The van der Waals surface area contributed by atoms with Crippen LogP contribution < -0.4 is 0 Å². The first-order valence-electron chi connectivity index (χ1n) is 7.68. The van der Waals surface area contributed by atoms with Gasteiger partial charge in [0.25, 0.3) is 0 Å². The molecule has 0 spiro atoms. The molecule has 1 amide bonds. The van der Waals surface area contributed by atoms with E-state index < -0.39 is 0 Å². The van der Waals surface area contributed by atoms with E-state index in [2.05, 4.69) is 40.4 Å². The predicted molar refractivity (Wildman–Crippen MR) is 90.0 cm³/mol. The van der Waals surface area contributed by atoms with Crippen LogP contribution in [0.4, 0.5) is 0 Å². The number of hydrogen-bond acceptors (Lipinski definition) is 2.